The predicted molar refractivity (Wildman–Crippen MR) is 137 cm³/mol. The van der Waals surface area contributed by atoms with Gasteiger partial charge in [-0.1, -0.05) is 23.4 Å². The van der Waals surface area contributed by atoms with Gasteiger partial charge >= 0.3 is 0 Å². The summed E-state index contributed by atoms with van der Waals surface area (Å²) < 4.78 is 18.1. The number of methoxy groups -OCH3 is 1. The second-order valence-electron chi connectivity index (χ2n) is 9.09. The lowest BCUT2D eigenvalue weighted by Crippen LogP contribution is -2.50. The van der Waals surface area contributed by atoms with Gasteiger partial charge in [-0.25, -0.2) is 0 Å². The SMILES string of the molecule is COCc1cc(-c2nnc3c4ccccc4c(OCc4ccc(C(=O)N5CCN(C)C(=O)C5)cn4)nn23)no1. The number of carbonyl (C=O) groups excluding carboxylic acids is 2. The largest absolute Gasteiger partial charge is 0.470 e. The zero-order valence-electron chi connectivity index (χ0n) is 21.3. The van der Waals surface area contributed by atoms with Crippen molar-refractivity contribution < 1.29 is 23.6 Å². The van der Waals surface area contributed by atoms with Crippen LogP contribution in [0.25, 0.3) is 27.9 Å². The van der Waals surface area contributed by atoms with Crippen molar-refractivity contribution in [2.45, 2.75) is 13.2 Å². The normalized spacial score (nSPS) is 13.9. The molecule has 1 aliphatic rings. The van der Waals surface area contributed by atoms with E-state index < -0.39 is 0 Å². The second kappa shape index (κ2) is 10.1. The Morgan fingerprint density at radius 2 is 1.92 bits per heavy atom. The molecule has 4 aromatic heterocycles. The van der Waals surface area contributed by atoms with E-state index in [1.807, 2.05) is 24.3 Å². The van der Waals surface area contributed by atoms with Crippen LogP contribution in [0.1, 0.15) is 21.8 Å². The van der Waals surface area contributed by atoms with Gasteiger partial charge in [0.2, 0.25) is 17.6 Å². The van der Waals surface area contributed by atoms with Gasteiger partial charge in [0.1, 0.15) is 19.8 Å². The van der Waals surface area contributed by atoms with E-state index in [-0.39, 0.29) is 31.6 Å². The third kappa shape index (κ3) is 4.63. The fraction of sp³-hybridized carbons (Fsp3) is 0.269. The highest BCUT2D eigenvalue weighted by Crippen LogP contribution is 2.29. The molecule has 1 saturated heterocycles. The molecule has 0 bridgehead atoms. The van der Waals surface area contributed by atoms with E-state index in [1.54, 1.807) is 41.8 Å². The molecule has 198 valence electrons. The summed E-state index contributed by atoms with van der Waals surface area (Å²) in [5.41, 5.74) is 2.03. The first-order valence-corrected chi connectivity index (χ1v) is 12.2. The molecular formula is C26H24N8O5. The van der Waals surface area contributed by atoms with Gasteiger partial charge in [0.05, 0.1) is 11.3 Å². The predicted octanol–water partition coefficient (Wildman–Crippen LogP) is 1.97. The van der Waals surface area contributed by atoms with E-state index in [0.29, 0.717) is 53.2 Å². The molecule has 0 spiro atoms. The molecule has 0 radical (unpaired) electrons. The number of nitrogens with zero attached hydrogens (tertiary/aromatic N) is 8. The lowest BCUT2D eigenvalue weighted by Gasteiger charge is -2.31. The first kappa shape index (κ1) is 24.4. The Morgan fingerprint density at radius 1 is 1.08 bits per heavy atom. The van der Waals surface area contributed by atoms with E-state index in [0.717, 1.165) is 10.8 Å². The van der Waals surface area contributed by atoms with E-state index in [2.05, 4.69) is 25.4 Å². The van der Waals surface area contributed by atoms with Crippen LogP contribution < -0.4 is 4.74 Å². The Kier molecular flexibility index (Phi) is 6.32. The molecule has 39 heavy (non-hydrogen) atoms. The number of amides is 2. The van der Waals surface area contributed by atoms with Crippen LogP contribution in [-0.2, 0) is 22.7 Å². The van der Waals surface area contributed by atoms with Crippen molar-refractivity contribution in [2.24, 2.45) is 0 Å². The van der Waals surface area contributed by atoms with Crippen molar-refractivity contribution in [3.63, 3.8) is 0 Å². The minimum absolute atomic E-state index is 0.0640. The highest BCUT2D eigenvalue weighted by atomic mass is 16.5. The number of aromatic nitrogens is 6. The number of hydrogen-bond donors (Lipinski definition) is 0. The molecule has 0 aliphatic carbocycles. The topological polar surface area (TPSA) is 141 Å². The first-order chi connectivity index (χ1) is 19.0. The van der Waals surface area contributed by atoms with Crippen molar-refractivity contribution in [3.05, 3.63) is 65.7 Å². The fourth-order valence-electron chi connectivity index (χ4n) is 4.34. The van der Waals surface area contributed by atoms with E-state index in [4.69, 9.17) is 14.0 Å². The number of benzene rings is 1. The highest BCUT2D eigenvalue weighted by Gasteiger charge is 2.26. The summed E-state index contributed by atoms with van der Waals surface area (Å²) in [5, 5.41) is 18.9. The molecule has 5 heterocycles. The van der Waals surface area contributed by atoms with Gasteiger partial charge in [-0.05, 0) is 18.2 Å². The second-order valence-corrected chi connectivity index (χ2v) is 9.09. The highest BCUT2D eigenvalue weighted by molar-refractivity contribution is 5.97. The van der Waals surface area contributed by atoms with E-state index >= 15 is 0 Å². The molecular weight excluding hydrogens is 504 g/mol. The molecule has 1 fully saturated rings. The molecule has 0 saturated carbocycles. The molecule has 1 aliphatic heterocycles. The molecule has 13 nitrogen and oxygen atoms in total. The van der Waals surface area contributed by atoms with E-state index in [9.17, 15) is 9.59 Å². The summed E-state index contributed by atoms with van der Waals surface area (Å²) in [5.74, 6) is 0.997. The van der Waals surface area contributed by atoms with Crippen LogP contribution in [0.15, 0.2) is 53.2 Å². The van der Waals surface area contributed by atoms with Crippen LogP contribution >= 0.6 is 0 Å². The molecule has 0 atom stereocenters. The van der Waals surface area contributed by atoms with Gasteiger partial charge in [-0.2, -0.15) is 4.52 Å². The van der Waals surface area contributed by atoms with E-state index in [1.165, 1.54) is 11.1 Å². The number of rotatable bonds is 7. The third-order valence-corrected chi connectivity index (χ3v) is 6.48. The number of carbonyl (C=O) groups is 2. The van der Waals surface area contributed by atoms with Crippen LogP contribution in [0, 0.1) is 0 Å². The molecule has 6 rings (SSSR count). The molecule has 13 heteroatoms. The summed E-state index contributed by atoms with van der Waals surface area (Å²) in [6.45, 7) is 1.45. The number of ether oxygens (including phenoxy) is 2. The van der Waals surface area contributed by atoms with Crippen LogP contribution in [0.3, 0.4) is 0 Å². The molecule has 0 unspecified atom stereocenters. The summed E-state index contributed by atoms with van der Waals surface area (Å²) in [4.78, 5) is 32.3. The number of fused-ring (bicyclic) bond motifs is 3. The van der Waals surface area contributed by atoms with Crippen LogP contribution in [0.2, 0.25) is 0 Å². The third-order valence-electron chi connectivity index (χ3n) is 6.48. The standard InChI is InChI=1S/C26H24N8O5/c1-32-9-10-33(13-22(32)35)26(36)16-7-8-17(27-12-16)14-38-25-20-6-4-3-5-19(20)23-28-29-24(34(23)30-25)21-11-18(15-37-2)39-31-21/h3-8,11-12H,9-10,13-15H2,1-2H3. The summed E-state index contributed by atoms with van der Waals surface area (Å²) in [6.07, 6.45) is 1.50. The minimum atomic E-state index is -0.226. The number of pyridine rings is 1. The Balaban J connectivity index is 1.24. The molecule has 0 N–H and O–H groups in total. The maximum atomic E-state index is 12.8. The van der Waals surface area contributed by atoms with Gasteiger partial charge in [0.25, 0.3) is 5.91 Å². The quantitative estimate of drug-likeness (QED) is 0.308. The molecule has 2 amide bonds. The molecule has 1 aromatic carbocycles. The van der Waals surface area contributed by atoms with Crippen LogP contribution in [-0.4, -0.2) is 85.4 Å². The van der Waals surface area contributed by atoms with Crippen molar-refractivity contribution in [1.82, 2.24) is 39.8 Å². The maximum absolute atomic E-state index is 12.8. The molecule has 5 aromatic rings. The first-order valence-electron chi connectivity index (χ1n) is 12.2. The van der Waals surface area contributed by atoms with Gasteiger partial charge in [-0.15, -0.1) is 15.3 Å². The zero-order valence-corrected chi connectivity index (χ0v) is 21.3. The summed E-state index contributed by atoms with van der Waals surface area (Å²) >= 11 is 0. The minimum Gasteiger partial charge on any atom is -0.470 e. The van der Waals surface area contributed by atoms with Crippen molar-refractivity contribution in [2.75, 3.05) is 33.8 Å². The van der Waals surface area contributed by atoms with Crippen molar-refractivity contribution in [1.29, 1.82) is 0 Å². The Hall–Kier alpha value is -4.91. The smallest absolute Gasteiger partial charge is 0.255 e. The summed E-state index contributed by atoms with van der Waals surface area (Å²) in [7, 11) is 3.30. The fourth-order valence-corrected chi connectivity index (χ4v) is 4.34. The number of hydrogen-bond acceptors (Lipinski definition) is 10. The summed E-state index contributed by atoms with van der Waals surface area (Å²) in [6, 6.07) is 12.7. The van der Waals surface area contributed by atoms with Gasteiger partial charge < -0.3 is 23.8 Å². The van der Waals surface area contributed by atoms with Crippen LogP contribution in [0.5, 0.6) is 5.88 Å². The van der Waals surface area contributed by atoms with Crippen molar-refractivity contribution >= 4 is 28.2 Å². The zero-order chi connectivity index (χ0) is 26.9. The van der Waals surface area contributed by atoms with Gasteiger partial charge in [0.15, 0.2) is 17.1 Å². The van der Waals surface area contributed by atoms with Crippen LogP contribution in [0.4, 0.5) is 0 Å². The number of likely N-dealkylation sites (N-methyl/N-ethyl adjacent to an activating group) is 1. The van der Waals surface area contributed by atoms with Gasteiger partial charge in [0, 0.05) is 50.3 Å². The Labute approximate surface area is 221 Å². The monoisotopic (exact) mass is 528 g/mol. The maximum Gasteiger partial charge on any atom is 0.255 e. The lowest BCUT2D eigenvalue weighted by atomic mass is 10.2. The van der Waals surface area contributed by atoms with Crippen molar-refractivity contribution in [3.8, 4) is 17.4 Å². The lowest BCUT2D eigenvalue weighted by molar-refractivity contribution is -0.133. The van der Waals surface area contributed by atoms with Gasteiger partial charge in [-0.3, -0.25) is 14.6 Å². The Bertz CT molecular complexity index is 1680. The number of piperazine rings is 1. The Morgan fingerprint density at radius 3 is 2.69 bits per heavy atom. The average Bonchev–Trinajstić information content (AvgIpc) is 3.60. The average molecular weight is 529 g/mol.